The molecular formula is C15H22N4O. The number of anilines is 1. The zero-order valence-electron chi connectivity index (χ0n) is 12.1. The average molecular weight is 274 g/mol. The maximum atomic E-state index is 12.3. The van der Waals surface area contributed by atoms with Crippen LogP contribution in [-0.4, -0.2) is 36.2 Å². The molecule has 0 unspecified atom stereocenters. The van der Waals surface area contributed by atoms with Crippen molar-refractivity contribution in [2.24, 2.45) is 0 Å². The Kier molecular flexibility index (Phi) is 3.40. The Labute approximate surface area is 119 Å². The van der Waals surface area contributed by atoms with Crippen molar-refractivity contribution in [2.75, 3.05) is 25.2 Å². The van der Waals surface area contributed by atoms with Gasteiger partial charge in [0.1, 0.15) is 5.54 Å². The highest BCUT2D eigenvalue weighted by Gasteiger charge is 2.49. The molecule has 5 heteroatoms. The molecule has 2 heterocycles. The van der Waals surface area contributed by atoms with Crippen LogP contribution < -0.4 is 16.1 Å². The smallest absolute Gasteiger partial charge is 0.243 e. The summed E-state index contributed by atoms with van der Waals surface area (Å²) in [6.45, 7) is 6.51. The van der Waals surface area contributed by atoms with E-state index in [0.29, 0.717) is 6.67 Å². The predicted molar refractivity (Wildman–Crippen MR) is 79.2 cm³/mol. The lowest BCUT2D eigenvalue weighted by atomic mass is 9.88. The molecule has 0 bridgehead atoms. The topological polar surface area (TPSA) is 56.4 Å². The van der Waals surface area contributed by atoms with E-state index in [1.54, 1.807) is 0 Å². The van der Waals surface area contributed by atoms with E-state index in [1.165, 1.54) is 11.1 Å². The monoisotopic (exact) mass is 274 g/mol. The highest BCUT2D eigenvalue weighted by molar-refractivity contribution is 5.88. The van der Waals surface area contributed by atoms with E-state index < -0.39 is 5.54 Å². The van der Waals surface area contributed by atoms with Crippen LogP contribution in [0.4, 0.5) is 5.69 Å². The first kappa shape index (κ1) is 13.4. The van der Waals surface area contributed by atoms with Crippen LogP contribution in [-0.2, 0) is 4.79 Å². The molecule has 3 N–H and O–H groups in total. The van der Waals surface area contributed by atoms with Gasteiger partial charge in [0.25, 0.3) is 0 Å². The van der Waals surface area contributed by atoms with E-state index in [0.717, 1.165) is 31.6 Å². The van der Waals surface area contributed by atoms with Crippen molar-refractivity contribution in [3.8, 4) is 0 Å². The number of nitrogens with zero attached hydrogens (tertiary/aromatic N) is 1. The lowest BCUT2D eigenvalue weighted by Gasteiger charge is -2.39. The second-order valence-electron chi connectivity index (χ2n) is 5.86. The average Bonchev–Trinajstić information content (AvgIpc) is 2.68. The Hall–Kier alpha value is -1.59. The van der Waals surface area contributed by atoms with Gasteiger partial charge < -0.3 is 16.1 Å². The molecule has 5 nitrogen and oxygen atoms in total. The minimum atomic E-state index is -0.400. The van der Waals surface area contributed by atoms with Gasteiger partial charge in [0.2, 0.25) is 5.91 Å². The third kappa shape index (κ3) is 2.27. The van der Waals surface area contributed by atoms with Crippen LogP contribution in [0.5, 0.6) is 0 Å². The van der Waals surface area contributed by atoms with Gasteiger partial charge in [-0.1, -0.05) is 6.07 Å². The Balaban J connectivity index is 1.83. The van der Waals surface area contributed by atoms with E-state index in [-0.39, 0.29) is 5.91 Å². The maximum absolute atomic E-state index is 12.3. The molecule has 1 spiro atoms. The summed E-state index contributed by atoms with van der Waals surface area (Å²) in [5.41, 5.74) is 6.54. The summed E-state index contributed by atoms with van der Waals surface area (Å²) >= 11 is 0. The second kappa shape index (κ2) is 5.07. The van der Waals surface area contributed by atoms with Crippen molar-refractivity contribution >= 4 is 11.6 Å². The Morgan fingerprint density at radius 1 is 1.15 bits per heavy atom. The Morgan fingerprint density at radius 3 is 2.45 bits per heavy atom. The Morgan fingerprint density at radius 2 is 1.80 bits per heavy atom. The van der Waals surface area contributed by atoms with Crippen molar-refractivity contribution in [1.29, 1.82) is 0 Å². The summed E-state index contributed by atoms with van der Waals surface area (Å²) in [7, 11) is 0. The van der Waals surface area contributed by atoms with Crippen molar-refractivity contribution in [3.05, 3.63) is 29.3 Å². The molecule has 0 atom stereocenters. The van der Waals surface area contributed by atoms with Gasteiger partial charge in [0.15, 0.2) is 0 Å². The minimum absolute atomic E-state index is 0.149. The van der Waals surface area contributed by atoms with Gasteiger partial charge in [-0.3, -0.25) is 4.79 Å². The molecule has 20 heavy (non-hydrogen) atoms. The van der Waals surface area contributed by atoms with Gasteiger partial charge >= 0.3 is 0 Å². The lowest BCUT2D eigenvalue weighted by molar-refractivity contribution is -0.127. The molecule has 0 aliphatic carbocycles. The van der Waals surface area contributed by atoms with Gasteiger partial charge in [-0.25, -0.2) is 0 Å². The maximum Gasteiger partial charge on any atom is 0.243 e. The van der Waals surface area contributed by atoms with Crippen molar-refractivity contribution in [1.82, 2.24) is 15.6 Å². The van der Waals surface area contributed by atoms with Gasteiger partial charge in [0.05, 0.1) is 6.67 Å². The quantitative estimate of drug-likeness (QED) is 0.757. The summed E-state index contributed by atoms with van der Waals surface area (Å²) in [6, 6.07) is 6.38. The number of carbonyl (C=O) groups is 1. The van der Waals surface area contributed by atoms with E-state index in [1.807, 2.05) is 0 Å². The summed E-state index contributed by atoms with van der Waals surface area (Å²) in [5, 5.41) is 8.37. The fraction of sp³-hybridized carbons (Fsp3) is 0.533. The van der Waals surface area contributed by atoms with E-state index >= 15 is 0 Å². The molecule has 0 aromatic heterocycles. The van der Waals surface area contributed by atoms with Crippen LogP contribution in [0, 0.1) is 13.8 Å². The van der Waals surface area contributed by atoms with Gasteiger partial charge in [0, 0.05) is 5.69 Å². The van der Waals surface area contributed by atoms with E-state index in [4.69, 9.17) is 0 Å². The molecule has 1 aromatic carbocycles. The SMILES string of the molecule is Cc1cc(C)cc(NN2CNC(=O)C23CCNCC3)c1. The van der Waals surface area contributed by atoms with Crippen molar-refractivity contribution in [2.45, 2.75) is 32.2 Å². The zero-order valence-corrected chi connectivity index (χ0v) is 12.1. The third-order valence-electron chi connectivity index (χ3n) is 4.25. The fourth-order valence-electron chi connectivity index (χ4n) is 3.27. The minimum Gasteiger partial charge on any atom is -0.340 e. The van der Waals surface area contributed by atoms with Crippen LogP contribution in [0.3, 0.4) is 0 Å². The van der Waals surface area contributed by atoms with Gasteiger partial charge in [-0.05, 0) is 63.0 Å². The summed E-state index contributed by atoms with van der Waals surface area (Å²) in [6.07, 6.45) is 1.69. The normalized spacial score (nSPS) is 22.0. The third-order valence-corrected chi connectivity index (χ3v) is 4.25. The van der Waals surface area contributed by atoms with Crippen molar-refractivity contribution < 1.29 is 4.79 Å². The number of hydrazine groups is 1. The number of benzene rings is 1. The molecule has 0 radical (unpaired) electrons. The van der Waals surface area contributed by atoms with E-state index in [9.17, 15) is 4.79 Å². The number of rotatable bonds is 2. The molecule has 3 rings (SSSR count). The molecule has 1 amide bonds. The largest absolute Gasteiger partial charge is 0.340 e. The fourth-order valence-corrected chi connectivity index (χ4v) is 3.27. The van der Waals surface area contributed by atoms with Crippen LogP contribution in [0.1, 0.15) is 24.0 Å². The highest BCUT2D eigenvalue weighted by Crippen LogP contribution is 2.30. The van der Waals surface area contributed by atoms with Crippen LogP contribution >= 0.6 is 0 Å². The number of amides is 1. The van der Waals surface area contributed by atoms with Gasteiger partial charge in [-0.15, -0.1) is 0 Å². The first-order valence-corrected chi connectivity index (χ1v) is 7.22. The molecular weight excluding hydrogens is 252 g/mol. The van der Waals surface area contributed by atoms with Crippen molar-refractivity contribution in [3.63, 3.8) is 0 Å². The Bertz CT molecular complexity index is 502. The first-order chi connectivity index (χ1) is 9.60. The second-order valence-corrected chi connectivity index (χ2v) is 5.86. The number of hydrogen-bond donors (Lipinski definition) is 3. The molecule has 2 fully saturated rings. The number of carbonyl (C=O) groups excluding carboxylic acids is 1. The van der Waals surface area contributed by atoms with E-state index in [2.05, 4.69) is 53.1 Å². The van der Waals surface area contributed by atoms with Gasteiger partial charge in [-0.2, -0.15) is 5.01 Å². The van der Waals surface area contributed by atoms with Crippen LogP contribution in [0.15, 0.2) is 18.2 Å². The molecule has 2 aliphatic heterocycles. The molecule has 2 saturated heterocycles. The summed E-state index contributed by atoms with van der Waals surface area (Å²) < 4.78 is 0. The lowest BCUT2D eigenvalue weighted by Crippen LogP contribution is -2.56. The summed E-state index contributed by atoms with van der Waals surface area (Å²) in [4.78, 5) is 12.3. The first-order valence-electron chi connectivity index (χ1n) is 7.22. The van der Waals surface area contributed by atoms with Crippen LogP contribution in [0.2, 0.25) is 0 Å². The predicted octanol–water partition coefficient (Wildman–Crippen LogP) is 1.14. The highest BCUT2D eigenvalue weighted by atomic mass is 16.2. The number of nitrogens with one attached hydrogen (secondary N) is 3. The zero-order chi connectivity index (χ0) is 14.2. The molecule has 108 valence electrons. The number of hydrogen-bond acceptors (Lipinski definition) is 4. The molecule has 1 aromatic rings. The number of aryl methyl sites for hydroxylation is 2. The number of piperidine rings is 1. The van der Waals surface area contributed by atoms with Crippen LogP contribution in [0.25, 0.3) is 0 Å². The standard InChI is InChI=1S/C15H22N4O/c1-11-7-12(2)9-13(8-11)18-19-10-17-14(20)15(19)3-5-16-6-4-15/h7-9,16,18H,3-6,10H2,1-2H3,(H,17,20). The molecule has 2 aliphatic rings. The molecule has 0 saturated carbocycles. The summed E-state index contributed by atoms with van der Waals surface area (Å²) in [5.74, 6) is 0.149.